The summed E-state index contributed by atoms with van der Waals surface area (Å²) in [5, 5.41) is 8.75. The lowest BCUT2D eigenvalue weighted by molar-refractivity contribution is 0.0697. The smallest absolute Gasteiger partial charge is 0.335 e. The number of nitrogens with two attached hydrogens (primary N) is 1. The molecule has 0 bridgehead atoms. The molecule has 0 aliphatic rings. The van der Waals surface area contributed by atoms with Crippen LogP contribution >= 0.6 is 0 Å². The second kappa shape index (κ2) is 4.02. The first-order valence-corrected chi connectivity index (χ1v) is 4.73. The Morgan fingerprint density at radius 3 is 2.38 bits per heavy atom. The molecule has 16 heavy (non-hydrogen) atoms. The Labute approximate surface area is 92.4 Å². The Morgan fingerprint density at radius 2 is 1.81 bits per heavy atom. The zero-order chi connectivity index (χ0) is 11.5. The zero-order valence-corrected chi connectivity index (χ0v) is 8.42. The van der Waals surface area contributed by atoms with Crippen molar-refractivity contribution in [2.45, 2.75) is 0 Å². The number of pyridine rings is 1. The van der Waals surface area contributed by atoms with Gasteiger partial charge in [0.25, 0.3) is 0 Å². The van der Waals surface area contributed by atoms with Crippen molar-refractivity contribution in [3.8, 4) is 11.3 Å². The van der Waals surface area contributed by atoms with Crippen molar-refractivity contribution in [3.63, 3.8) is 0 Å². The largest absolute Gasteiger partial charge is 0.478 e. The SMILES string of the molecule is Nc1cccc(-c2ccc(C(=O)O)cc2)n1. The average molecular weight is 214 g/mol. The van der Waals surface area contributed by atoms with Gasteiger partial charge in [-0.3, -0.25) is 0 Å². The molecule has 80 valence electrons. The Bertz CT molecular complexity index is 521. The fraction of sp³-hybridized carbons (Fsp3) is 0. The van der Waals surface area contributed by atoms with E-state index in [2.05, 4.69) is 4.98 Å². The molecule has 0 radical (unpaired) electrons. The van der Waals surface area contributed by atoms with Crippen LogP contribution in [-0.2, 0) is 0 Å². The molecule has 0 unspecified atom stereocenters. The predicted octanol–water partition coefficient (Wildman–Crippen LogP) is 2.03. The maximum atomic E-state index is 10.7. The number of nitrogen functional groups attached to an aromatic ring is 1. The van der Waals surface area contributed by atoms with E-state index in [9.17, 15) is 4.79 Å². The number of benzene rings is 1. The number of hydrogen-bond acceptors (Lipinski definition) is 3. The van der Waals surface area contributed by atoms with Gasteiger partial charge in [-0.2, -0.15) is 0 Å². The topological polar surface area (TPSA) is 76.2 Å². The number of aromatic nitrogens is 1. The Morgan fingerprint density at radius 1 is 1.12 bits per heavy atom. The van der Waals surface area contributed by atoms with Gasteiger partial charge < -0.3 is 10.8 Å². The van der Waals surface area contributed by atoms with Gasteiger partial charge in [-0.1, -0.05) is 18.2 Å². The van der Waals surface area contributed by atoms with Crippen molar-refractivity contribution in [1.82, 2.24) is 4.98 Å². The van der Waals surface area contributed by atoms with Gasteiger partial charge in [-0.05, 0) is 24.3 Å². The first-order valence-electron chi connectivity index (χ1n) is 4.73. The second-order valence-electron chi connectivity index (χ2n) is 3.33. The molecule has 1 heterocycles. The van der Waals surface area contributed by atoms with Gasteiger partial charge in [0.05, 0.1) is 11.3 Å². The minimum Gasteiger partial charge on any atom is -0.478 e. The monoisotopic (exact) mass is 214 g/mol. The van der Waals surface area contributed by atoms with Crippen LogP contribution in [0.25, 0.3) is 11.3 Å². The highest BCUT2D eigenvalue weighted by Crippen LogP contribution is 2.18. The summed E-state index contributed by atoms with van der Waals surface area (Å²) in [7, 11) is 0. The van der Waals surface area contributed by atoms with Crippen LogP contribution in [0.3, 0.4) is 0 Å². The number of hydrogen-bond donors (Lipinski definition) is 2. The fourth-order valence-electron chi connectivity index (χ4n) is 1.40. The van der Waals surface area contributed by atoms with Gasteiger partial charge >= 0.3 is 5.97 Å². The Hall–Kier alpha value is -2.36. The zero-order valence-electron chi connectivity index (χ0n) is 8.42. The summed E-state index contributed by atoms with van der Waals surface area (Å²) < 4.78 is 0. The van der Waals surface area contributed by atoms with Crippen LogP contribution in [0.5, 0.6) is 0 Å². The number of nitrogens with zero attached hydrogens (tertiary/aromatic N) is 1. The third-order valence-corrected chi connectivity index (χ3v) is 2.20. The number of carboxylic acid groups (broad SMARTS) is 1. The molecule has 0 spiro atoms. The summed E-state index contributed by atoms with van der Waals surface area (Å²) in [5.41, 5.74) is 7.40. The lowest BCUT2D eigenvalue weighted by Crippen LogP contribution is -1.96. The van der Waals surface area contributed by atoms with Crippen molar-refractivity contribution < 1.29 is 9.90 Å². The van der Waals surface area contributed by atoms with E-state index in [1.165, 1.54) is 0 Å². The Kier molecular flexibility index (Phi) is 2.55. The molecule has 4 heteroatoms. The van der Waals surface area contributed by atoms with E-state index >= 15 is 0 Å². The van der Waals surface area contributed by atoms with Crippen LogP contribution in [0.4, 0.5) is 5.82 Å². The van der Waals surface area contributed by atoms with E-state index in [-0.39, 0.29) is 5.56 Å². The van der Waals surface area contributed by atoms with Crippen LogP contribution in [0.2, 0.25) is 0 Å². The molecule has 0 saturated carbocycles. The van der Waals surface area contributed by atoms with Crippen LogP contribution in [-0.4, -0.2) is 16.1 Å². The summed E-state index contributed by atoms with van der Waals surface area (Å²) in [4.78, 5) is 14.8. The fourth-order valence-corrected chi connectivity index (χ4v) is 1.40. The third-order valence-electron chi connectivity index (χ3n) is 2.20. The second-order valence-corrected chi connectivity index (χ2v) is 3.33. The van der Waals surface area contributed by atoms with Gasteiger partial charge in [0.2, 0.25) is 0 Å². The Balaban J connectivity index is 2.38. The molecule has 0 atom stereocenters. The van der Waals surface area contributed by atoms with Gasteiger partial charge in [0.15, 0.2) is 0 Å². The number of carbonyl (C=O) groups is 1. The van der Waals surface area contributed by atoms with Gasteiger partial charge in [-0.15, -0.1) is 0 Å². The summed E-state index contributed by atoms with van der Waals surface area (Å²) in [6.07, 6.45) is 0. The lowest BCUT2D eigenvalue weighted by atomic mass is 10.1. The molecule has 2 aromatic rings. The van der Waals surface area contributed by atoms with E-state index in [1.54, 1.807) is 30.3 Å². The molecule has 0 aliphatic carbocycles. The standard InChI is InChI=1S/C12H10N2O2/c13-11-3-1-2-10(14-11)8-4-6-9(7-5-8)12(15)16/h1-7H,(H2,13,14)(H,15,16). The highest BCUT2D eigenvalue weighted by atomic mass is 16.4. The van der Waals surface area contributed by atoms with Crippen LogP contribution < -0.4 is 5.73 Å². The highest BCUT2D eigenvalue weighted by molar-refractivity contribution is 5.88. The molecule has 1 aromatic carbocycles. The summed E-state index contributed by atoms with van der Waals surface area (Å²) in [6.45, 7) is 0. The maximum Gasteiger partial charge on any atom is 0.335 e. The molecule has 0 saturated heterocycles. The average Bonchev–Trinajstić information content (AvgIpc) is 2.29. The molecule has 0 amide bonds. The number of aromatic carboxylic acids is 1. The first kappa shape index (κ1) is 10.2. The molecule has 0 aliphatic heterocycles. The molecular formula is C12H10N2O2. The summed E-state index contributed by atoms with van der Waals surface area (Å²) >= 11 is 0. The van der Waals surface area contributed by atoms with Crippen LogP contribution in [0.1, 0.15) is 10.4 Å². The van der Waals surface area contributed by atoms with E-state index in [1.807, 2.05) is 12.1 Å². The molecular weight excluding hydrogens is 204 g/mol. The highest BCUT2D eigenvalue weighted by Gasteiger charge is 2.03. The maximum absolute atomic E-state index is 10.7. The number of carboxylic acids is 1. The van der Waals surface area contributed by atoms with Crippen LogP contribution in [0, 0.1) is 0 Å². The van der Waals surface area contributed by atoms with E-state index < -0.39 is 5.97 Å². The van der Waals surface area contributed by atoms with Crippen molar-refractivity contribution in [1.29, 1.82) is 0 Å². The minimum absolute atomic E-state index is 0.257. The minimum atomic E-state index is -0.938. The van der Waals surface area contributed by atoms with Crippen LogP contribution in [0.15, 0.2) is 42.5 Å². The molecule has 1 aromatic heterocycles. The van der Waals surface area contributed by atoms with Crippen molar-refractivity contribution in [2.75, 3.05) is 5.73 Å². The molecule has 3 N–H and O–H groups in total. The van der Waals surface area contributed by atoms with E-state index in [0.717, 1.165) is 11.3 Å². The van der Waals surface area contributed by atoms with Gasteiger partial charge in [0.1, 0.15) is 5.82 Å². The number of rotatable bonds is 2. The summed E-state index contributed by atoms with van der Waals surface area (Å²) in [5.74, 6) is -0.494. The quantitative estimate of drug-likeness (QED) is 0.801. The first-order chi connectivity index (χ1) is 7.66. The lowest BCUT2D eigenvalue weighted by Gasteiger charge is -2.02. The van der Waals surface area contributed by atoms with Gasteiger partial charge in [-0.25, -0.2) is 9.78 Å². The number of anilines is 1. The van der Waals surface area contributed by atoms with Crippen molar-refractivity contribution in [3.05, 3.63) is 48.0 Å². The normalized spacial score (nSPS) is 10.0. The molecule has 0 fully saturated rings. The molecule has 2 rings (SSSR count). The van der Waals surface area contributed by atoms with E-state index in [0.29, 0.717) is 5.82 Å². The van der Waals surface area contributed by atoms with Crippen molar-refractivity contribution in [2.24, 2.45) is 0 Å². The summed E-state index contributed by atoms with van der Waals surface area (Å²) in [6, 6.07) is 11.9. The van der Waals surface area contributed by atoms with Crippen molar-refractivity contribution >= 4 is 11.8 Å². The van der Waals surface area contributed by atoms with E-state index in [4.69, 9.17) is 10.8 Å². The van der Waals surface area contributed by atoms with Gasteiger partial charge in [0, 0.05) is 5.56 Å². The third kappa shape index (κ3) is 2.00. The molecule has 4 nitrogen and oxygen atoms in total. The predicted molar refractivity (Wildman–Crippen MR) is 61.0 cm³/mol.